The average molecular weight is 729 g/mol. The minimum Gasteiger partial charge on any atom is -0.344 e. The quantitative estimate of drug-likeness (QED) is 0.191. The summed E-state index contributed by atoms with van der Waals surface area (Å²) in [6.07, 6.45) is 3.04. The lowest BCUT2D eigenvalue weighted by molar-refractivity contribution is -0.141. The number of hydrogen-bond donors (Lipinski definition) is 2. The summed E-state index contributed by atoms with van der Waals surface area (Å²) in [4.78, 5) is 42.7. The number of alkyl halides is 3. The van der Waals surface area contributed by atoms with Gasteiger partial charge in [0.2, 0.25) is 0 Å². The number of nitrogens with zero attached hydrogens (tertiary/aromatic N) is 6. The fraction of sp³-hybridized carbons (Fsp3) is 0.462. The van der Waals surface area contributed by atoms with Crippen molar-refractivity contribution in [3.05, 3.63) is 76.5 Å². The Morgan fingerprint density at radius 1 is 1.00 bits per heavy atom. The maximum atomic E-state index is 16.3. The molecule has 0 unspecified atom stereocenters. The highest BCUT2D eigenvalue weighted by Crippen LogP contribution is 2.44. The first-order chi connectivity index (χ1) is 25.5. The summed E-state index contributed by atoms with van der Waals surface area (Å²) in [5, 5.41) is 3.55. The minimum absolute atomic E-state index is 0.0563. The predicted octanol–water partition coefficient (Wildman–Crippen LogP) is 7.11. The second-order valence-corrected chi connectivity index (χ2v) is 15.2. The number of amides is 2. The topological polar surface area (TPSA) is 124 Å². The molecule has 2 amide bonds. The van der Waals surface area contributed by atoms with E-state index in [2.05, 4.69) is 14.9 Å². The molecule has 4 aliphatic rings. The molecule has 6 heterocycles. The van der Waals surface area contributed by atoms with E-state index in [4.69, 9.17) is 15.7 Å². The van der Waals surface area contributed by atoms with Crippen LogP contribution in [0.25, 0.3) is 33.6 Å². The number of carbonyl (C=O) groups is 2. The number of piperidine rings is 1. The van der Waals surface area contributed by atoms with Crippen LogP contribution in [0.1, 0.15) is 108 Å². The molecule has 4 aromatic heterocycles. The Kier molecular flexibility index (Phi) is 8.09. The van der Waals surface area contributed by atoms with Crippen molar-refractivity contribution in [2.24, 2.45) is 11.7 Å². The Labute approximate surface area is 302 Å². The molecule has 1 aromatic carbocycles. The van der Waals surface area contributed by atoms with Gasteiger partial charge in [-0.15, -0.1) is 0 Å². The van der Waals surface area contributed by atoms with Gasteiger partial charge in [-0.3, -0.25) is 14.6 Å². The maximum Gasteiger partial charge on any atom is 0.434 e. The zero-order valence-electron chi connectivity index (χ0n) is 29.3. The van der Waals surface area contributed by atoms with E-state index in [0.717, 1.165) is 49.4 Å². The number of pyridine rings is 2. The van der Waals surface area contributed by atoms with Crippen molar-refractivity contribution in [1.29, 1.82) is 0 Å². The minimum atomic E-state index is -4.79. The molecular weight excluding hydrogens is 688 g/mol. The average Bonchev–Trinajstić information content (AvgIpc) is 3.59. The van der Waals surface area contributed by atoms with Crippen LogP contribution >= 0.6 is 0 Å². The third kappa shape index (κ3) is 5.85. The fourth-order valence-corrected chi connectivity index (χ4v) is 8.86. The maximum absolute atomic E-state index is 16.3. The highest BCUT2D eigenvalue weighted by atomic mass is 19.4. The Bertz CT molecular complexity index is 2290. The molecule has 10 nitrogen and oxygen atoms in total. The van der Waals surface area contributed by atoms with Gasteiger partial charge in [0.15, 0.2) is 11.5 Å². The zero-order valence-corrected chi connectivity index (χ0v) is 29.3. The summed E-state index contributed by atoms with van der Waals surface area (Å²) in [7, 11) is 0. The van der Waals surface area contributed by atoms with Crippen LogP contribution in [0.3, 0.4) is 0 Å². The van der Waals surface area contributed by atoms with Gasteiger partial charge >= 0.3 is 6.18 Å². The van der Waals surface area contributed by atoms with E-state index in [1.807, 2.05) is 21.6 Å². The molecule has 3 N–H and O–H groups in total. The van der Waals surface area contributed by atoms with E-state index >= 15 is 4.39 Å². The van der Waals surface area contributed by atoms with Gasteiger partial charge in [0.25, 0.3) is 11.8 Å². The molecule has 14 heteroatoms. The lowest BCUT2D eigenvalue weighted by atomic mass is 9.94. The number of carbonyl (C=O) groups excluding carboxylic acids is 2. The largest absolute Gasteiger partial charge is 0.434 e. The van der Waals surface area contributed by atoms with E-state index in [0.29, 0.717) is 72.0 Å². The number of likely N-dealkylation sites (tertiary alicyclic amines) is 1. The summed E-state index contributed by atoms with van der Waals surface area (Å²) < 4.78 is 62.3. The van der Waals surface area contributed by atoms with E-state index in [1.54, 1.807) is 19.1 Å². The van der Waals surface area contributed by atoms with Gasteiger partial charge in [-0.1, -0.05) is 6.42 Å². The first kappa shape index (κ1) is 34.0. The summed E-state index contributed by atoms with van der Waals surface area (Å²) in [6, 6.07) is 9.52. The number of imidazole rings is 1. The molecule has 2 aliphatic heterocycles. The van der Waals surface area contributed by atoms with E-state index < -0.39 is 35.2 Å². The number of benzene rings is 1. The summed E-state index contributed by atoms with van der Waals surface area (Å²) >= 11 is 0. The van der Waals surface area contributed by atoms with Gasteiger partial charge in [-0.05, 0) is 106 Å². The molecule has 0 radical (unpaired) electrons. The highest BCUT2D eigenvalue weighted by Gasteiger charge is 2.42. The van der Waals surface area contributed by atoms with Crippen LogP contribution in [0.2, 0.25) is 0 Å². The first-order valence-electron chi connectivity index (χ1n) is 18.6. The summed E-state index contributed by atoms with van der Waals surface area (Å²) in [5.74, 6) is -0.544. The lowest BCUT2D eigenvalue weighted by Gasteiger charge is -2.37. The molecular formula is C39H40F4N8O2. The van der Waals surface area contributed by atoms with Crippen LogP contribution in [-0.2, 0) is 19.1 Å². The molecule has 9 rings (SSSR count). The molecule has 1 saturated heterocycles. The Morgan fingerprint density at radius 3 is 2.60 bits per heavy atom. The van der Waals surface area contributed by atoms with Crippen molar-refractivity contribution in [2.45, 2.75) is 102 Å². The third-order valence-electron chi connectivity index (χ3n) is 11.7. The molecule has 53 heavy (non-hydrogen) atoms. The molecule has 4 bridgehead atoms. The summed E-state index contributed by atoms with van der Waals surface area (Å²) in [6.45, 7) is 2.68. The number of halogens is 4. The van der Waals surface area contributed by atoms with Crippen LogP contribution in [0.4, 0.5) is 17.6 Å². The van der Waals surface area contributed by atoms with Crippen molar-refractivity contribution in [3.63, 3.8) is 0 Å². The normalized spacial score (nSPS) is 23.7. The van der Waals surface area contributed by atoms with E-state index in [-0.39, 0.29) is 36.0 Å². The molecule has 2 saturated carbocycles. The first-order valence-corrected chi connectivity index (χ1v) is 18.6. The SMILES string of the molecule is C[C@H]1NC(=O)c2c(ccnc2C(F)(F)F)CCCCCn2c(-c3nc4cc(C(=O)N5C[C@H](N)[C@@H]6CC[C@H]5C6)cc(F)c4n3C3CC3)cc3ccc1nc32. The Morgan fingerprint density at radius 2 is 1.81 bits per heavy atom. The lowest BCUT2D eigenvalue weighted by Crippen LogP contribution is -2.51. The van der Waals surface area contributed by atoms with Crippen LogP contribution in [-0.4, -0.2) is 59.4 Å². The second kappa shape index (κ2) is 12.6. The van der Waals surface area contributed by atoms with Crippen LogP contribution in [0.15, 0.2) is 42.6 Å². The predicted molar refractivity (Wildman–Crippen MR) is 190 cm³/mol. The standard InChI is InChI=1S/C39H40F4N8O2/c1-20-29-11-7-23-18-31(49(35(23)47-29)14-4-2-3-5-21-12-13-45-34(39(41,42)43)32(21)37(52)46-20)36-48-30-17-24(16-27(40)33(30)51(36)25-9-10-25)38(53)50-19-28(44)22-6-8-26(50)15-22/h7,11-13,16-18,20,22,25-26,28H,2-6,8-10,14-15,19,44H2,1H3,(H,46,52)/t20-,22-,26+,28+/m1/s1. The van der Waals surface area contributed by atoms with Gasteiger partial charge in [0.05, 0.1) is 28.5 Å². The van der Waals surface area contributed by atoms with Gasteiger partial charge in [-0.2, -0.15) is 13.2 Å². The smallest absolute Gasteiger partial charge is 0.344 e. The van der Waals surface area contributed by atoms with Crippen molar-refractivity contribution in [2.75, 3.05) is 6.54 Å². The Balaban J connectivity index is 1.12. The Hall–Kier alpha value is -4.85. The monoisotopic (exact) mass is 728 g/mol. The molecule has 4 atom stereocenters. The van der Waals surface area contributed by atoms with Crippen molar-refractivity contribution in [3.8, 4) is 11.5 Å². The van der Waals surface area contributed by atoms with Crippen LogP contribution < -0.4 is 11.1 Å². The number of fused-ring (bicyclic) bond motifs is 5. The molecule has 0 spiro atoms. The van der Waals surface area contributed by atoms with E-state index in [1.165, 1.54) is 12.1 Å². The molecule has 2 aliphatic carbocycles. The van der Waals surface area contributed by atoms with Gasteiger partial charge < -0.3 is 25.1 Å². The number of nitrogens with two attached hydrogens (primary N) is 1. The van der Waals surface area contributed by atoms with Gasteiger partial charge in [0, 0.05) is 48.4 Å². The van der Waals surface area contributed by atoms with E-state index in [9.17, 15) is 22.8 Å². The highest BCUT2D eigenvalue weighted by molar-refractivity contribution is 5.99. The van der Waals surface area contributed by atoms with Crippen LogP contribution in [0.5, 0.6) is 0 Å². The number of aromatic nitrogens is 5. The molecule has 5 aromatic rings. The fourth-order valence-electron chi connectivity index (χ4n) is 8.86. The number of hydrogen-bond acceptors (Lipinski definition) is 6. The number of aryl methyl sites for hydroxylation is 2. The van der Waals surface area contributed by atoms with Crippen molar-refractivity contribution < 1.29 is 27.2 Å². The number of rotatable bonds is 3. The summed E-state index contributed by atoms with van der Waals surface area (Å²) in [5.41, 5.74) is 7.99. The molecule has 276 valence electrons. The van der Waals surface area contributed by atoms with Gasteiger partial charge in [-0.25, -0.2) is 14.4 Å². The van der Waals surface area contributed by atoms with Crippen molar-refractivity contribution in [1.82, 2.24) is 34.3 Å². The van der Waals surface area contributed by atoms with Gasteiger partial charge in [0.1, 0.15) is 17.0 Å². The zero-order chi connectivity index (χ0) is 36.8. The third-order valence-corrected chi connectivity index (χ3v) is 11.7. The number of nitrogens with one attached hydrogen (secondary N) is 1. The molecule has 3 fully saturated rings. The van der Waals surface area contributed by atoms with Crippen LogP contribution in [0, 0.1) is 11.7 Å². The van der Waals surface area contributed by atoms with Crippen molar-refractivity contribution >= 4 is 33.9 Å². The second-order valence-electron chi connectivity index (χ2n) is 15.2.